The van der Waals surface area contributed by atoms with Crippen LogP contribution >= 0.6 is 7.26 Å². The smallest absolute Gasteiger partial charge is 0.264 e. The van der Waals surface area contributed by atoms with E-state index in [4.69, 9.17) is 0 Å². The van der Waals surface area contributed by atoms with Crippen molar-refractivity contribution in [1.29, 1.82) is 0 Å². The van der Waals surface area contributed by atoms with Gasteiger partial charge in [-0.2, -0.15) is 0 Å². The maximum Gasteiger partial charge on any atom is 0.264 e. The number of carbonyl (C=O) groups is 1. The molecule has 4 heteroatoms. The summed E-state index contributed by atoms with van der Waals surface area (Å²) < 4.78 is 0. The van der Waals surface area contributed by atoms with E-state index >= 15 is 0 Å². The van der Waals surface area contributed by atoms with Gasteiger partial charge in [0.25, 0.3) is 5.91 Å². The SMILES string of the molecule is CC(C)(C)CN1CCC([P+](c2ccccc2)(c2ccccc2)c2ccccc2)C1=O.[Br-]. The molecule has 1 aliphatic rings. The van der Waals surface area contributed by atoms with E-state index in [1.807, 2.05) is 0 Å². The van der Waals surface area contributed by atoms with Gasteiger partial charge in [0.2, 0.25) is 0 Å². The highest BCUT2D eigenvalue weighted by Crippen LogP contribution is 2.62. The molecule has 0 N–H and O–H groups in total. The largest absolute Gasteiger partial charge is 1.00 e. The van der Waals surface area contributed by atoms with Gasteiger partial charge in [-0.05, 0) is 41.8 Å². The van der Waals surface area contributed by atoms with Crippen LogP contribution in [0.25, 0.3) is 0 Å². The molecule has 1 fully saturated rings. The number of nitrogens with zero attached hydrogens (tertiary/aromatic N) is 1. The van der Waals surface area contributed by atoms with E-state index in [9.17, 15) is 4.79 Å². The minimum Gasteiger partial charge on any atom is -1.00 e. The number of hydrogen-bond donors (Lipinski definition) is 0. The van der Waals surface area contributed by atoms with Crippen LogP contribution in [0.4, 0.5) is 0 Å². The Morgan fingerprint density at radius 3 is 1.52 bits per heavy atom. The van der Waals surface area contributed by atoms with Crippen LogP contribution in [0.3, 0.4) is 0 Å². The summed E-state index contributed by atoms with van der Waals surface area (Å²) in [7, 11) is -2.15. The Labute approximate surface area is 197 Å². The maximum atomic E-state index is 13.9. The molecule has 0 aliphatic carbocycles. The second-order valence-electron chi connectivity index (χ2n) is 9.35. The Kier molecular flexibility index (Phi) is 7.39. The van der Waals surface area contributed by atoms with Gasteiger partial charge in [-0.15, -0.1) is 0 Å². The number of amides is 1. The quantitative estimate of drug-likeness (QED) is 0.492. The molecule has 3 aromatic rings. The van der Waals surface area contributed by atoms with E-state index < -0.39 is 7.26 Å². The van der Waals surface area contributed by atoms with Crippen LogP contribution in [0, 0.1) is 5.41 Å². The standard InChI is InChI=1S/C27H31NOP.BrH/c1-27(2,3)21-28-20-19-25(26(28)29)30(22-13-7-4-8-14-22,23-15-9-5-10-16-23)24-17-11-6-12-18-24;/h4-18,25H,19-21H2,1-3H3;1H/q+1;/p-1. The number of halogens is 1. The fraction of sp³-hybridized carbons (Fsp3) is 0.296. The van der Waals surface area contributed by atoms with Crippen LogP contribution in [0.1, 0.15) is 27.2 Å². The van der Waals surface area contributed by atoms with Crippen molar-refractivity contribution in [3.63, 3.8) is 0 Å². The first-order chi connectivity index (χ1) is 14.4. The molecule has 1 amide bonds. The van der Waals surface area contributed by atoms with E-state index in [1.165, 1.54) is 15.9 Å². The summed E-state index contributed by atoms with van der Waals surface area (Å²) in [6.45, 7) is 8.28. The topological polar surface area (TPSA) is 20.3 Å². The molecule has 0 aromatic heterocycles. The Morgan fingerprint density at radius 2 is 1.16 bits per heavy atom. The molecule has 1 saturated heterocycles. The highest BCUT2D eigenvalue weighted by molar-refractivity contribution is 7.96. The number of hydrogen-bond acceptors (Lipinski definition) is 1. The highest BCUT2D eigenvalue weighted by Gasteiger charge is 2.58. The van der Waals surface area contributed by atoms with Crippen molar-refractivity contribution < 1.29 is 21.8 Å². The molecule has 1 heterocycles. The molecule has 31 heavy (non-hydrogen) atoms. The average molecular weight is 496 g/mol. The van der Waals surface area contributed by atoms with Crippen molar-refractivity contribution in [1.82, 2.24) is 4.90 Å². The molecular weight excluding hydrogens is 465 g/mol. The number of likely N-dealkylation sites (tertiary alicyclic amines) is 1. The molecule has 0 saturated carbocycles. The van der Waals surface area contributed by atoms with Gasteiger partial charge in [0, 0.05) is 19.5 Å². The number of rotatable bonds is 5. The van der Waals surface area contributed by atoms with Crippen molar-refractivity contribution in [3.05, 3.63) is 91.0 Å². The Balaban J connectivity index is 0.00000272. The summed E-state index contributed by atoms with van der Waals surface area (Å²) in [5.74, 6) is 0.315. The normalized spacial score (nSPS) is 16.8. The third-order valence-electron chi connectivity index (χ3n) is 5.89. The first-order valence-corrected chi connectivity index (χ1v) is 12.6. The second-order valence-corrected chi connectivity index (χ2v) is 13.0. The summed E-state index contributed by atoms with van der Waals surface area (Å²) >= 11 is 0. The molecule has 0 radical (unpaired) electrons. The molecule has 1 atom stereocenters. The molecule has 2 nitrogen and oxygen atoms in total. The molecular formula is C27H31BrNOP. The van der Waals surface area contributed by atoms with E-state index in [0.29, 0.717) is 5.91 Å². The zero-order chi connectivity index (χ0) is 21.2. The Morgan fingerprint density at radius 1 is 0.774 bits per heavy atom. The van der Waals surface area contributed by atoms with Crippen molar-refractivity contribution in [2.75, 3.05) is 13.1 Å². The second kappa shape index (κ2) is 9.67. The molecule has 0 spiro atoms. The van der Waals surface area contributed by atoms with Gasteiger partial charge in [-0.3, -0.25) is 4.79 Å². The molecule has 4 rings (SSSR count). The minimum atomic E-state index is -2.15. The van der Waals surface area contributed by atoms with Crippen LogP contribution in [0.2, 0.25) is 0 Å². The van der Waals surface area contributed by atoms with Crippen LogP contribution < -0.4 is 32.9 Å². The Bertz CT molecular complexity index is 889. The monoisotopic (exact) mass is 495 g/mol. The van der Waals surface area contributed by atoms with E-state index in [-0.39, 0.29) is 28.1 Å². The summed E-state index contributed by atoms with van der Waals surface area (Å²) in [5.41, 5.74) is 0.0739. The predicted octanol–water partition coefficient (Wildman–Crippen LogP) is 1.63. The zero-order valence-electron chi connectivity index (χ0n) is 18.5. The average Bonchev–Trinajstić information content (AvgIpc) is 3.10. The Hall–Kier alpha value is -1.96. The molecule has 1 unspecified atom stereocenters. The fourth-order valence-corrected chi connectivity index (χ4v) is 9.69. The zero-order valence-corrected chi connectivity index (χ0v) is 21.0. The third-order valence-corrected chi connectivity index (χ3v) is 10.6. The minimum absolute atomic E-state index is 0. The lowest BCUT2D eigenvalue weighted by Gasteiger charge is -2.32. The lowest BCUT2D eigenvalue weighted by Crippen LogP contribution is -3.00. The van der Waals surface area contributed by atoms with Gasteiger partial charge in [0.1, 0.15) is 23.2 Å². The first-order valence-electron chi connectivity index (χ1n) is 10.8. The third kappa shape index (κ3) is 4.64. The van der Waals surface area contributed by atoms with Crippen LogP contribution in [0.5, 0.6) is 0 Å². The van der Waals surface area contributed by atoms with E-state index in [2.05, 4.69) is 117 Å². The highest BCUT2D eigenvalue weighted by atomic mass is 79.9. The van der Waals surface area contributed by atoms with Crippen LogP contribution in [-0.4, -0.2) is 29.6 Å². The fourth-order valence-electron chi connectivity index (χ4n) is 4.79. The number of benzene rings is 3. The van der Waals surface area contributed by atoms with Crippen LogP contribution in [0.15, 0.2) is 91.0 Å². The molecule has 162 valence electrons. The maximum absolute atomic E-state index is 13.9. The summed E-state index contributed by atoms with van der Waals surface area (Å²) in [5, 5.41) is 3.87. The number of carbonyl (C=O) groups excluding carboxylic acids is 1. The molecule has 1 aliphatic heterocycles. The van der Waals surface area contributed by atoms with Crippen molar-refractivity contribution in [2.24, 2.45) is 5.41 Å². The predicted molar refractivity (Wildman–Crippen MR) is 130 cm³/mol. The van der Waals surface area contributed by atoms with Crippen molar-refractivity contribution in [3.8, 4) is 0 Å². The van der Waals surface area contributed by atoms with E-state index in [1.54, 1.807) is 0 Å². The van der Waals surface area contributed by atoms with Gasteiger partial charge in [0.05, 0.1) is 0 Å². The van der Waals surface area contributed by atoms with Crippen LogP contribution in [-0.2, 0) is 4.79 Å². The van der Waals surface area contributed by atoms with Crippen molar-refractivity contribution >= 4 is 29.1 Å². The van der Waals surface area contributed by atoms with Gasteiger partial charge in [-0.1, -0.05) is 75.4 Å². The van der Waals surface area contributed by atoms with Crippen molar-refractivity contribution in [2.45, 2.75) is 32.9 Å². The lowest BCUT2D eigenvalue weighted by atomic mass is 9.96. The lowest BCUT2D eigenvalue weighted by molar-refractivity contribution is -0.128. The van der Waals surface area contributed by atoms with Gasteiger partial charge in [0.15, 0.2) is 5.66 Å². The summed E-state index contributed by atoms with van der Waals surface area (Å²) in [4.78, 5) is 16.0. The summed E-state index contributed by atoms with van der Waals surface area (Å²) in [6.07, 6.45) is 0.904. The molecule has 0 bridgehead atoms. The first kappa shape index (κ1) is 23.7. The van der Waals surface area contributed by atoms with Gasteiger partial charge in [-0.25, -0.2) is 0 Å². The van der Waals surface area contributed by atoms with E-state index in [0.717, 1.165) is 19.5 Å². The molecule has 3 aromatic carbocycles. The summed E-state index contributed by atoms with van der Waals surface area (Å²) in [6, 6.07) is 32.3. The van der Waals surface area contributed by atoms with Gasteiger partial charge >= 0.3 is 0 Å². The van der Waals surface area contributed by atoms with Gasteiger partial charge < -0.3 is 21.9 Å².